The standard InChI is InChI=1S/C13H15BrN4/c1-8-12(15)16-7-17-13(8)18-9(2)10-3-5-11(14)6-4-10/h3-7,9H,1-2H3,(H3,15,16,17,18). The van der Waals surface area contributed by atoms with Crippen molar-refractivity contribution in [3.8, 4) is 0 Å². The normalized spacial score (nSPS) is 12.2. The van der Waals surface area contributed by atoms with Gasteiger partial charge in [0.05, 0.1) is 0 Å². The summed E-state index contributed by atoms with van der Waals surface area (Å²) in [5, 5.41) is 3.34. The number of hydrogen-bond donors (Lipinski definition) is 2. The van der Waals surface area contributed by atoms with Crippen LogP contribution in [-0.2, 0) is 0 Å². The third-order valence-electron chi connectivity index (χ3n) is 2.85. The summed E-state index contributed by atoms with van der Waals surface area (Å²) in [4.78, 5) is 8.16. The summed E-state index contributed by atoms with van der Waals surface area (Å²) < 4.78 is 1.07. The largest absolute Gasteiger partial charge is 0.383 e. The zero-order valence-electron chi connectivity index (χ0n) is 10.3. The zero-order valence-corrected chi connectivity index (χ0v) is 11.9. The number of halogens is 1. The van der Waals surface area contributed by atoms with Crippen molar-refractivity contribution >= 4 is 27.6 Å². The Kier molecular flexibility index (Phi) is 3.81. The topological polar surface area (TPSA) is 63.8 Å². The van der Waals surface area contributed by atoms with E-state index in [1.165, 1.54) is 11.9 Å². The molecule has 0 spiro atoms. The molecule has 0 aliphatic heterocycles. The molecule has 0 bridgehead atoms. The van der Waals surface area contributed by atoms with Crippen LogP contribution in [0, 0.1) is 6.92 Å². The minimum Gasteiger partial charge on any atom is -0.383 e. The van der Waals surface area contributed by atoms with Crippen molar-refractivity contribution in [1.82, 2.24) is 9.97 Å². The highest BCUT2D eigenvalue weighted by Crippen LogP contribution is 2.23. The summed E-state index contributed by atoms with van der Waals surface area (Å²) in [6.07, 6.45) is 1.47. The fourth-order valence-electron chi connectivity index (χ4n) is 1.65. The van der Waals surface area contributed by atoms with Gasteiger partial charge in [-0.05, 0) is 31.5 Å². The van der Waals surface area contributed by atoms with E-state index in [0.717, 1.165) is 15.9 Å². The minimum atomic E-state index is 0.158. The van der Waals surface area contributed by atoms with Gasteiger partial charge in [0.2, 0.25) is 0 Å². The molecule has 0 aliphatic carbocycles. The lowest BCUT2D eigenvalue weighted by atomic mass is 10.1. The van der Waals surface area contributed by atoms with Crippen molar-refractivity contribution in [3.63, 3.8) is 0 Å². The smallest absolute Gasteiger partial charge is 0.134 e. The molecule has 0 radical (unpaired) electrons. The molecule has 5 heteroatoms. The van der Waals surface area contributed by atoms with Gasteiger partial charge in [0.25, 0.3) is 0 Å². The molecule has 1 unspecified atom stereocenters. The maximum absolute atomic E-state index is 5.76. The average molecular weight is 307 g/mol. The maximum atomic E-state index is 5.76. The van der Waals surface area contributed by atoms with Crippen LogP contribution in [0.5, 0.6) is 0 Å². The van der Waals surface area contributed by atoms with Gasteiger partial charge < -0.3 is 11.1 Å². The van der Waals surface area contributed by atoms with Crippen molar-refractivity contribution in [2.24, 2.45) is 0 Å². The van der Waals surface area contributed by atoms with Gasteiger partial charge in [0.15, 0.2) is 0 Å². The third kappa shape index (κ3) is 2.79. The zero-order chi connectivity index (χ0) is 13.1. The molecular weight excluding hydrogens is 292 g/mol. The Morgan fingerprint density at radius 1 is 1.22 bits per heavy atom. The van der Waals surface area contributed by atoms with Gasteiger partial charge >= 0.3 is 0 Å². The summed E-state index contributed by atoms with van der Waals surface area (Å²) in [6, 6.07) is 8.35. The van der Waals surface area contributed by atoms with Crippen molar-refractivity contribution in [2.75, 3.05) is 11.1 Å². The Morgan fingerprint density at radius 3 is 2.56 bits per heavy atom. The number of nitrogen functional groups attached to an aromatic ring is 1. The monoisotopic (exact) mass is 306 g/mol. The van der Waals surface area contributed by atoms with Crippen LogP contribution in [0.3, 0.4) is 0 Å². The Morgan fingerprint density at radius 2 is 1.89 bits per heavy atom. The number of nitrogens with two attached hydrogens (primary N) is 1. The van der Waals surface area contributed by atoms with Crippen LogP contribution >= 0.6 is 15.9 Å². The van der Waals surface area contributed by atoms with E-state index in [2.05, 4.69) is 50.3 Å². The van der Waals surface area contributed by atoms with Crippen LogP contribution < -0.4 is 11.1 Å². The molecule has 0 aliphatic rings. The van der Waals surface area contributed by atoms with Gasteiger partial charge in [-0.1, -0.05) is 28.1 Å². The second-order valence-corrected chi connectivity index (χ2v) is 5.07. The highest BCUT2D eigenvalue weighted by atomic mass is 79.9. The van der Waals surface area contributed by atoms with Crippen LogP contribution in [0.1, 0.15) is 24.1 Å². The Balaban J connectivity index is 2.18. The molecule has 0 amide bonds. The van der Waals surface area contributed by atoms with E-state index < -0.39 is 0 Å². The predicted octanol–water partition coefficient (Wildman–Crippen LogP) is 3.30. The molecule has 1 heterocycles. The molecule has 18 heavy (non-hydrogen) atoms. The van der Waals surface area contributed by atoms with E-state index in [1.54, 1.807) is 0 Å². The summed E-state index contributed by atoms with van der Waals surface area (Å²) in [5.41, 5.74) is 7.82. The first kappa shape index (κ1) is 12.8. The molecule has 0 saturated carbocycles. The first-order chi connectivity index (χ1) is 8.58. The number of hydrogen-bond acceptors (Lipinski definition) is 4. The minimum absolute atomic E-state index is 0.158. The van der Waals surface area contributed by atoms with Crippen molar-refractivity contribution in [1.29, 1.82) is 0 Å². The molecule has 2 rings (SSSR count). The van der Waals surface area contributed by atoms with Gasteiger partial charge in [-0.25, -0.2) is 9.97 Å². The Hall–Kier alpha value is -1.62. The highest BCUT2D eigenvalue weighted by Gasteiger charge is 2.09. The number of nitrogens with one attached hydrogen (secondary N) is 1. The molecule has 4 nitrogen and oxygen atoms in total. The Bertz CT molecular complexity index is 539. The van der Waals surface area contributed by atoms with Crippen molar-refractivity contribution < 1.29 is 0 Å². The summed E-state index contributed by atoms with van der Waals surface area (Å²) in [5.74, 6) is 1.29. The SMILES string of the molecule is Cc1c(N)ncnc1NC(C)c1ccc(Br)cc1. The van der Waals surface area contributed by atoms with Gasteiger partial charge in [-0.15, -0.1) is 0 Å². The first-order valence-electron chi connectivity index (χ1n) is 5.67. The van der Waals surface area contributed by atoms with Gasteiger partial charge in [0.1, 0.15) is 18.0 Å². The molecule has 0 saturated heterocycles. The number of rotatable bonds is 3. The van der Waals surface area contributed by atoms with E-state index >= 15 is 0 Å². The lowest BCUT2D eigenvalue weighted by Gasteiger charge is -2.16. The molecule has 1 aromatic carbocycles. The Labute approximate surface area is 115 Å². The van der Waals surface area contributed by atoms with E-state index in [9.17, 15) is 0 Å². The van der Waals surface area contributed by atoms with Crippen LogP contribution in [0.2, 0.25) is 0 Å². The number of aromatic nitrogens is 2. The molecular formula is C13H15BrN4. The highest BCUT2D eigenvalue weighted by molar-refractivity contribution is 9.10. The maximum Gasteiger partial charge on any atom is 0.134 e. The average Bonchev–Trinajstić information content (AvgIpc) is 2.36. The van der Waals surface area contributed by atoms with E-state index in [0.29, 0.717) is 5.82 Å². The third-order valence-corrected chi connectivity index (χ3v) is 3.37. The van der Waals surface area contributed by atoms with Crippen LogP contribution in [0.15, 0.2) is 35.1 Å². The van der Waals surface area contributed by atoms with Crippen LogP contribution in [0.4, 0.5) is 11.6 Å². The van der Waals surface area contributed by atoms with Crippen LogP contribution in [-0.4, -0.2) is 9.97 Å². The molecule has 94 valence electrons. The number of benzene rings is 1. The molecule has 0 fully saturated rings. The number of anilines is 2. The quantitative estimate of drug-likeness (QED) is 0.913. The molecule has 1 aromatic heterocycles. The number of nitrogens with zero attached hydrogens (tertiary/aromatic N) is 2. The lowest BCUT2D eigenvalue weighted by molar-refractivity contribution is 0.868. The van der Waals surface area contributed by atoms with Gasteiger partial charge in [-0.3, -0.25) is 0 Å². The molecule has 3 N–H and O–H groups in total. The fraction of sp³-hybridized carbons (Fsp3) is 0.231. The molecule has 1 atom stereocenters. The summed E-state index contributed by atoms with van der Waals surface area (Å²) in [6.45, 7) is 3.99. The van der Waals surface area contributed by atoms with E-state index in [4.69, 9.17) is 5.73 Å². The van der Waals surface area contributed by atoms with E-state index in [1.807, 2.05) is 19.1 Å². The summed E-state index contributed by atoms with van der Waals surface area (Å²) >= 11 is 3.42. The second-order valence-electron chi connectivity index (χ2n) is 4.15. The fourth-order valence-corrected chi connectivity index (χ4v) is 1.91. The van der Waals surface area contributed by atoms with Gasteiger partial charge in [-0.2, -0.15) is 0 Å². The van der Waals surface area contributed by atoms with Crippen molar-refractivity contribution in [3.05, 3.63) is 46.2 Å². The van der Waals surface area contributed by atoms with Gasteiger partial charge in [0, 0.05) is 16.1 Å². The van der Waals surface area contributed by atoms with E-state index in [-0.39, 0.29) is 6.04 Å². The summed E-state index contributed by atoms with van der Waals surface area (Å²) in [7, 11) is 0. The van der Waals surface area contributed by atoms with Crippen molar-refractivity contribution in [2.45, 2.75) is 19.9 Å². The first-order valence-corrected chi connectivity index (χ1v) is 6.46. The molecule has 2 aromatic rings. The van der Waals surface area contributed by atoms with Crippen LogP contribution in [0.25, 0.3) is 0 Å². The lowest BCUT2D eigenvalue weighted by Crippen LogP contribution is -2.10. The predicted molar refractivity (Wildman–Crippen MR) is 77.4 cm³/mol. The second kappa shape index (κ2) is 5.35.